The number of azo groups is 4. The molecular formula is C72H77N31Ni2O14. The summed E-state index contributed by atoms with van der Waals surface area (Å²) in [5.74, 6) is -0.904. The maximum absolute atomic E-state index is 12.4. The number of hydrogen-bond donors (Lipinski definition) is 14. The number of unbranched alkanes of at least 4 members (excludes halogenated alkanes) is 2. The van der Waals surface area contributed by atoms with Crippen molar-refractivity contribution in [3.8, 4) is 0 Å². The Balaban J connectivity index is 0.000000186. The van der Waals surface area contributed by atoms with Crippen molar-refractivity contribution in [3.05, 3.63) is 206 Å². The van der Waals surface area contributed by atoms with Crippen LogP contribution in [0.3, 0.4) is 0 Å². The van der Waals surface area contributed by atoms with E-state index in [4.69, 9.17) is 36.1 Å². The molecule has 8 atom stereocenters. The third-order valence-corrected chi connectivity index (χ3v) is 16.0. The Morgan fingerprint density at radius 1 is 0.487 bits per heavy atom. The number of carbonyl (C=O) groups is 2. The quantitative estimate of drug-likeness (QED) is 0.0187. The van der Waals surface area contributed by atoms with Crippen molar-refractivity contribution in [1.82, 2.24) is 98.8 Å². The average molecular weight is 1720 g/mol. The van der Waals surface area contributed by atoms with Gasteiger partial charge in [-0.05, 0) is 55.0 Å². The van der Waals surface area contributed by atoms with Crippen LogP contribution in [0.4, 0.5) is 64.4 Å². The zero-order chi connectivity index (χ0) is 83.7. The molecule has 0 aliphatic carbocycles. The molecule has 119 heavy (non-hydrogen) atoms. The summed E-state index contributed by atoms with van der Waals surface area (Å²) in [6, 6.07) is 36.1. The van der Waals surface area contributed by atoms with Crippen LogP contribution < -0.4 is 45.0 Å². The molecule has 2 aliphatic heterocycles. The van der Waals surface area contributed by atoms with Crippen LogP contribution in [-0.2, 0) is 61.5 Å². The van der Waals surface area contributed by atoms with E-state index in [-0.39, 0.29) is 130 Å². The molecule has 45 nitrogen and oxygen atoms in total. The molecule has 14 aromatic rings. The summed E-state index contributed by atoms with van der Waals surface area (Å²) in [7, 11) is 0. The number of nitrogens with two attached hydrogens (primary N) is 3. The van der Waals surface area contributed by atoms with E-state index in [2.05, 4.69) is 171 Å². The molecule has 12 heterocycles. The number of anilines is 3. The molecule has 16 rings (SSSR count). The van der Waals surface area contributed by atoms with Crippen molar-refractivity contribution in [3.63, 3.8) is 0 Å². The number of fused-ring (bicyclic) bond motifs is 5. The molecule has 2 saturated heterocycles. The van der Waals surface area contributed by atoms with E-state index in [1.807, 2.05) is 67.6 Å². The number of hydrogen-bond acceptors (Lipinski definition) is 35. The third-order valence-electron chi connectivity index (χ3n) is 16.0. The second kappa shape index (κ2) is 43.8. The molecule has 0 radical (unpaired) electrons. The molecule has 0 amide bonds. The summed E-state index contributed by atoms with van der Waals surface area (Å²) in [5, 5.41) is 62.0. The number of H-pyrrole nitrogens is 8. The van der Waals surface area contributed by atoms with Crippen LogP contribution in [0.2, 0.25) is 0 Å². The minimum atomic E-state index is -1.43. The predicted molar refractivity (Wildman–Crippen MR) is 422 cm³/mol. The minimum Gasteiger partial charge on any atom is -0.456 e. The van der Waals surface area contributed by atoms with Gasteiger partial charge in [-0.1, -0.05) is 106 Å². The van der Waals surface area contributed by atoms with Crippen LogP contribution in [0.15, 0.2) is 193 Å². The molecule has 0 saturated carbocycles. The summed E-state index contributed by atoms with van der Waals surface area (Å²) < 4.78 is 25.2. The Hall–Kier alpha value is -13.8. The van der Waals surface area contributed by atoms with Crippen molar-refractivity contribution >= 4 is 132 Å². The predicted octanol–water partition coefficient (Wildman–Crippen LogP) is 8.20. The molecular weight excluding hydrogens is 1640 g/mol. The van der Waals surface area contributed by atoms with E-state index >= 15 is 0 Å². The summed E-state index contributed by atoms with van der Waals surface area (Å²) >= 11 is 0. The number of esters is 2. The van der Waals surface area contributed by atoms with Gasteiger partial charge < -0.3 is 114 Å². The van der Waals surface area contributed by atoms with Gasteiger partial charge >= 0.3 is 44.9 Å². The molecule has 4 aromatic carbocycles. The first-order valence-electron chi connectivity index (χ1n) is 35.6. The van der Waals surface area contributed by atoms with Crippen molar-refractivity contribution in [2.45, 2.75) is 116 Å². The van der Waals surface area contributed by atoms with Gasteiger partial charge in [0.25, 0.3) is 22.6 Å². The minimum absolute atomic E-state index is 0. The zero-order valence-corrected chi connectivity index (χ0v) is 65.5. The van der Waals surface area contributed by atoms with Crippen molar-refractivity contribution < 1.29 is 76.8 Å². The van der Waals surface area contributed by atoms with Crippen LogP contribution in [0.25, 0.3) is 55.8 Å². The number of aromatic nitrogens is 20. The number of benzene rings is 4. The van der Waals surface area contributed by atoms with E-state index in [0.29, 0.717) is 40.3 Å². The number of rotatable bonds is 16. The number of aromatic amines is 8. The summed E-state index contributed by atoms with van der Waals surface area (Å²) in [6.45, 7) is 15.3. The molecule has 2 unspecified atom stereocenters. The van der Waals surface area contributed by atoms with Gasteiger partial charge in [-0.25, -0.2) is 15.0 Å². The normalized spacial score (nSPS) is 17.2. The number of ether oxygens (including phenoxy) is 4. The fraction of sp³-hybridized carbons (Fsp3) is 0.264. The first-order valence-corrected chi connectivity index (χ1v) is 35.6. The van der Waals surface area contributed by atoms with Gasteiger partial charge in [0.2, 0.25) is 35.7 Å². The number of aliphatic hydroxyl groups is 3. The molecule has 47 heteroatoms. The molecule has 0 bridgehead atoms. The number of nitrogens with zero attached hydrogens (tertiary/aromatic N) is 20. The van der Waals surface area contributed by atoms with Crippen LogP contribution >= 0.6 is 0 Å². The van der Waals surface area contributed by atoms with Crippen LogP contribution in [-0.4, -0.2) is 169 Å². The van der Waals surface area contributed by atoms with Gasteiger partial charge in [-0.2, -0.15) is 32.8 Å². The fourth-order valence-corrected chi connectivity index (χ4v) is 10.5. The first kappa shape index (κ1) is 90.7. The van der Waals surface area contributed by atoms with E-state index in [9.17, 15) is 48.9 Å². The van der Waals surface area contributed by atoms with E-state index in [0.717, 1.165) is 12.8 Å². The first-order chi connectivity index (χ1) is 56.5. The molecule has 2 aliphatic rings. The topological polar surface area (TPSA) is 659 Å². The number of carbonyl (C=O) groups excluding carboxylic acids is 2. The van der Waals surface area contributed by atoms with E-state index < -0.39 is 84.3 Å². The van der Waals surface area contributed by atoms with E-state index in [1.165, 1.54) is 42.2 Å². The Bertz CT molecular complexity index is 6090. The fourth-order valence-electron chi connectivity index (χ4n) is 10.5. The monoisotopic (exact) mass is 1720 g/mol. The summed E-state index contributed by atoms with van der Waals surface area (Å²) in [5.41, 5.74) is 18.2. The molecule has 624 valence electrons. The Morgan fingerprint density at radius 3 is 1.39 bits per heavy atom. The van der Waals surface area contributed by atoms with Crippen LogP contribution in [0, 0.1) is 26.5 Å². The Labute approximate surface area is 690 Å². The molecule has 2 fully saturated rings. The number of aliphatic hydroxyl groups excluding tert-OH is 3. The van der Waals surface area contributed by atoms with Gasteiger partial charge in [-0.3, -0.25) is 48.5 Å². The van der Waals surface area contributed by atoms with Crippen molar-refractivity contribution in [2.24, 2.45) is 40.9 Å². The summed E-state index contributed by atoms with van der Waals surface area (Å²) in [4.78, 5) is 142. The average Bonchev–Trinajstić information content (AvgIpc) is 1.60. The van der Waals surface area contributed by atoms with Gasteiger partial charge in [0.1, 0.15) is 24.4 Å². The number of nitrogen functional groups attached to an aromatic ring is 3. The maximum Gasteiger partial charge on any atom is 2.00 e. The van der Waals surface area contributed by atoms with Crippen molar-refractivity contribution in [2.75, 3.05) is 23.8 Å². The smallest absolute Gasteiger partial charge is 0.456 e. The zero-order valence-electron chi connectivity index (χ0n) is 63.5. The van der Waals surface area contributed by atoms with Gasteiger partial charge in [0.05, 0.1) is 52.5 Å². The maximum atomic E-state index is 12.4. The molecule has 17 N–H and O–H groups in total. The van der Waals surface area contributed by atoms with Crippen LogP contribution in [0.5, 0.6) is 0 Å². The van der Waals surface area contributed by atoms with Crippen LogP contribution in [0.1, 0.15) is 79.2 Å². The second-order valence-corrected chi connectivity index (χ2v) is 24.4. The van der Waals surface area contributed by atoms with Gasteiger partial charge in [0.15, 0.2) is 69.3 Å². The number of imidazole rings is 5. The van der Waals surface area contributed by atoms with Crippen molar-refractivity contribution in [1.29, 1.82) is 0 Å². The number of nitrogens with one attached hydrogen (secondary N) is 8. The largest absolute Gasteiger partial charge is 2.00 e. The third kappa shape index (κ3) is 23.7. The SMILES string of the molecule is CC[C@H]1O[C@@H](n2c(N=Nc3ccccc3)nc3c(=O)[nH][c-]nc32)[C@@H](OC(C)=O)C1OC(C)=O.Nc1nc2c(nc(N=Nc3ccccc3)n2[C@@H]2O[C@H](CO)C(O)[C@@H]2O)c(=O)[nH]1.Nc1nc2nc(N=Nc3ccccc3)[nH]c2c(=O)[nH]1.Nc1nc2nc[nH]c2c(=O)[nH]1.O=c1[nH][c-]nc2nc(N=Nc3ccccc3)[nH]c12.[CH2-]CCC.[CH2-]CCC.[Ni+2].[Ni+2]. The second-order valence-electron chi connectivity index (χ2n) is 24.4. The van der Waals surface area contributed by atoms with E-state index in [1.54, 1.807) is 60.7 Å². The van der Waals surface area contributed by atoms with Gasteiger partial charge in [0, 0.05) is 32.0 Å². The van der Waals surface area contributed by atoms with Gasteiger partial charge in [-0.15, -0.1) is 40.9 Å². The molecule has 0 spiro atoms. The standard InChI is InChI=1S/C21H21N6O6.C16H17N7O5.C11H9N7O.C11H7N6O.C5H5N5O.2C4H9.2Ni/c1-4-14-16(31-11(2)28)17(32-12(3)29)20(33-14)27-18-15(19(30)23-10-22-18)24-21(27)26-25-13-8-6-5-7-9-13;17-15-19-12-9(13(27)20-15)18-16(22-21-7-4-2-1-3-5-7)23(12)14-11(26)10(25)8(6-24)28-14;12-10-14-8-7(9(19)16-10)13-11(15-8)18-17-6-4-2-1-3-5-6;18-10-8-9(12-6-13-10)15-11(14-8)17-16-7-4-2-1-3-5-7;6-5-9-3-2(4(11)10-5)7-1-8-3;2*1-3-4-2;;/h5-9,14,16-17,20H,4H2,1-3H3,(H,22,23,30);1-5,8,10-11,14,24-26H,6H2,(H3,17,19,20,27);1-5H,(H4,12,13,14,15,16,19);1-5H,(H2,12,13,14,15,18);1H,(H4,6,7,8,9,10,11);2*1,3-4H2,2H3;;/q-1;;;-1;;2*-1;2*+2/t14-,16?,17+,20-;8-,10?,11+,14-;;;;;;;/m11......./s1. The Kier molecular flexibility index (Phi) is 33.3. The summed E-state index contributed by atoms with van der Waals surface area (Å²) in [6.07, 6.45) is 2.58. The Morgan fingerprint density at radius 2 is 0.908 bits per heavy atom. The molecule has 10 aromatic heterocycles.